The van der Waals surface area contributed by atoms with E-state index in [1.807, 2.05) is 0 Å². The van der Waals surface area contributed by atoms with E-state index in [2.05, 4.69) is 4.90 Å². The van der Waals surface area contributed by atoms with Crippen molar-refractivity contribution in [3.05, 3.63) is 0 Å². The van der Waals surface area contributed by atoms with E-state index < -0.39 is 0 Å². The summed E-state index contributed by atoms with van der Waals surface area (Å²) in [7, 11) is 0. The maximum Gasteiger partial charge on any atom is 0.149 e. The monoisotopic (exact) mass is 183 g/mol. The highest BCUT2D eigenvalue weighted by molar-refractivity contribution is 5.85. The van der Waals surface area contributed by atoms with Gasteiger partial charge in [0.1, 0.15) is 5.78 Å². The third-order valence-corrected chi connectivity index (χ3v) is 3.10. The predicted molar refractivity (Wildman–Crippen MR) is 49.4 cm³/mol. The average molecular weight is 183 g/mol. The molecule has 1 saturated heterocycles. The fourth-order valence-electron chi connectivity index (χ4n) is 2.04. The van der Waals surface area contributed by atoms with Gasteiger partial charge in [0.15, 0.2) is 0 Å². The minimum Gasteiger partial charge on any atom is -0.395 e. The highest BCUT2D eigenvalue weighted by Crippen LogP contribution is 2.30. The molecular formula is C10H17NO2. The molecule has 1 atom stereocenters. The van der Waals surface area contributed by atoms with Crippen LogP contribution in [0.3, 0.4) is 0 Å². The van der Waals surface area contributed by atoms with Crippen molar-refractivity contribution in [3.8, 4) is 0 Å². The molecule has 3 nitrogen and oxygen atoms in total. The van der Waals surface area contributed by atoms with Crippen molar-refractivity contribution in [2.24, 2.45) is 5.92 Å². The molecule has 0 bridgehead atoms. The molecular weight excluding hydrogens is 166 g/mol. The number of aliphatic hydroxyl groups is 1. The number of nitrogens with zero attached hydrogens (tertiary/aromatic N) is 1. The van der Waals surface area contributed by atoms with E-state index in [1.165, 1.54) is 0 Å². The number of likely N-dealkylation sites (tertiary alicyclic amines) is 1. The Bertz CT molecular complexity index is 201. The van der Waals surface area contributed by atoms with E-state index in [9.17, 15) is 4.79 Å². The van der Waals surface area contributed by atoms with Crippen molar-refractivity contribution in [2.45, 2.75) is 31.7 Å². The zero-order chi connectivity index (χ0) is 9.26. The summed E-state index contributed by atoms with van der Waals surface area (Å²) in [5, 5.41) is 9.05. The van der Waals surface area contributed by atoms with Crippen LogP contribution in [0.5, 0.6) is 0 Å². The maximum absolute atomic E-state index is 11.5. The second-order valence-electron chi connectivity index (χ2n) is 4.19. The molecule has 0 spiro atoms. The van der Waals surface area contributed by atoms with Crippen molar-refractivity contribution in [3.63, 3.8) is 0 Å². The first-order chi connectivity index (χ1) is 6.31. The van der Waals surface area contributed by atoms with Crippen LogP contribution >= 0.6 is 0 Å². The van der Waals surface area contributed by atoms with E-state index in [4.69, 9.17) is 5.11 Å². The molecule has 1 aliphatic carbocycles. The zero-order valence-corrected chi connectivity index (χ0v) is 7.91. The Labute approximate surface area is 78.7 Å². The molecule has 2 aliphatic rings. The number of hydrogen-bond donors (Lipinski definition) is 1. The SMILES string of the molecule is O=C(CN1CCCC1CO)C1CC1. The molecule has 1 N–H and O–H groups in total. The molecule has 1 heterocycles. The van der Waals surface area contributed by atoms with Gasteiger partial charge in [0.05, 0.1) is 13.2 Å². The Morgan fingerprint density at radius 3 is 2.77 bits per heavy atom. The molecule has 74 valence electrons. The van der Waals surface area contributed by atoms with Crippen molar-refractivity contribution in [2.75, 3.05) is 19.7 Å². The van der Waals surface area contributed by atoms with Gasteiger partial charge in [0.2, 0.25) is 0 Å². The number of rotatable bonds is 4. The Morgan fingerprint density at radius 2 is 2.15 bits per heavy atom. The van der Waals surface area contributed by atoms with Gasteiger partial charge in [0.25, 0.3) is 0 Å². The Kier molecular flexibility index (Phi) is 2.65. The van der Waals surface area contributed by atoms with Gasteiger partial charge in [-0.05, 0) is 32.2 Å². The Morgan fingerprint density at radius 1 is 1.38 bits per heavy atom. The Balaban J connectivity index is 1.82. The van der Waals surface area contributed by atoms with Crippen LogP contribution in [0, 0.1) is 5.92 Å². The minimum atomic E-state index is 0.206. The summed E-state index contributed by atoms with van der Waals surface area (Å²) in [5.74, 6) is 0.750. The first-order valence-electron chi connectivity index (χ1n) is 5.19. The molecule has 1 saturated carbocycles. The second-order valence-corrected chi connectivity index (χ2v) is 4.19. The van der Waals surface area contributed by atoms with Crippen molar-refractivity contribution in [1.29, 1.82) is 0 Å². The largest absolute Gasteiger partial charge is 0.395 e. The third kappa shape index (κ3) is 2.09. The van der Waals surface area contributed by atoms with Crippen LogP contribution in [0.2, 0.25) is 0 Å². The van der Waals surface area contributed by atoms with E-state index in [-0.39, 0.29) is 12.6 Å². The van der Waals surface area contributed by atoms with E-state index >= 15 is 0 Å². The third-order valence-electron chi connectivity index (χ3n) is 3.10. The van der Waals surface area contributed by atoms with Crippen LogP contribution < -0.4 is 0 Å². The van der Waals surface area contributed by atoms with Crippen LogP contribution in [0.25, 0.3) is 0 Å². The summed E-state index contributed by atoms with van der Waals surface area (Å²) in [6, 6.07) is 0.252. The summed E-state index contributed by atoms with van der Waals surface area (Å²) < 4.78 is 0. The van der Waals surface area contributed by atoms with Gasteiger partial charge in [-0.2, -0.15) is 0 Å². The first-order valence-corrected chi connectivity index (χ1v) is 5.19. The molecule has 2 fully saturated rings. The smallest absolute Gasteiger partial charge is 0.149 e. The van der Waals surface area contributed by atoms with E-state index in [0.717, 1.165) is 32.2 Å². The Hall–Kier alpha value is -0.410. The molecule has 1 aliphatic heterocycles. The number of Topliss-reactive ketones (excluding diaryl/α,β-unsaturated/α-hetero) is 1. The quantitative estimate of drug-likeness (QED) is 0.687. The molecule has 13 heavy (non-hydrogen) atoms. The van der Waals surface area contributed by atoms with Crippen LogP contribution in [0.15, 0.2) is 0 Å². The van der Waals surface area contributed by atoms with Crippen LogP contribution in [0.1, 0.15) is 25.7 Å². The topological polar surface area (TPSA) is 40.5 Å². The van der Waals surface area contributed by atoms with Gasteiger partial charge in [-0.25, -0.2) is 0 Å². The fraction of sp³-hybridized carbons (Fsp3) is 0.900. The van der Waals surface area contributed by atoms with Crippen molar-refractivity contribution < 1.29 is 9.90 Å². The molecule has 0 radical (unpaired) electrons. The number of ketones is 1. The lowest BCUT2D eigenvalue weighted by molar-refractivity contribution is -0.121. The standard InChI is InChI=1S/C10H17NO2/c12-7-9-2-1-5-11(9)6-10(13)8-3-4-8/h8-9,12H,1-7H2. The maximum atomic E-state index is 11.5. The van der Waals surface area contributed by atoms with E-state index in [0.29, 0.717) is 18.2 Å². The fourth-order valence-corrected chi connectivity index (χ4v) is 2.04. The van der Waals surface area contributed by atoms with Crippen molar-refractivity contribution in [1.82, 2.24) is 4.90 Å². The highest BCUT2D eigenvalue weighted by atomic mass is 16.3. The lowest BCUT2D eigenvalue weighted by Gasteiger charge is -2.21. The molecule has 0 aromatic carbocycles. The van der Waals surface area contributed by atoms with Crippen LogP contribution in [0.4, 0.5) is 0 Å². The lowest BCUT2D eigenvalue weighted by atomic mass is 10.2. The van der Waals surface area contributed by atoms with Crippen LogP contribution in [-0.2, 0) is 4.79 Å². The van der Waals surface area contributed by atoms with Crippen LogP contribution in [-0.4, -0.2) is 41.5 Å². The summed E-state index contributed by atoms with van der Waals surface area (Å²) in [5.41, 5.74) is 0. The molecule has 0 amide bonds. The molecule has 3 heteroatoms. The normalized spacial score (nSPS) is 29.5. The highest BCUT2D eigenvalue weighted by Gasteiger charge is 2.33. The summed E-state index contributed by atoms with van der Waals surface area (Å²) in [4.78, 5) is 13.6. The van der Waals surface area contributed by atoms with Gasteiger partial charge < -0.3 is 5.11 Å². The van der Waals surface area contributed by atoms with E-state index in [1.54, 1.807) is 0 Å². The molecule has 2 rings (SSSR count). The summed E-state index contributed by atoms with van der Waals surface area (Å²) >= 11 is 0. The zero-order valence-electron chi connectivity index (χ0n) is 7.91. The number of carbonyl (C=O) groups excluding carboxylic acids is 1. The van der Waals surface area contributed by atoms with Gasteiger partial charge in [-0.15, -0.1) is 0 Å². The summed E-state index contributed by atoms with van der Waals surface area (Å²) in [6.07, 6.45) is 4.37. The molecule has 1 unspecified atom stereocenters. The molecule has 0 aromatic heterocycles. The lowest BCUT2D eigenvalue weighted by Crippen LogP contribution is -2.36. The van der Waals surface area contributed by atoms with Gasteiger partial charge in [0, 0.05) is 12.0 Å². The predicted octanol–water partition coefficient (Wildman–Crippen LogP) is 0.422. The van der Waals surface area contributed by atoms with Gasteiger partial charge in [-0.3, -0.25) is 9.69 Å². The number of hydrogen-bond acceptors (Lipinski definition) is 3. The minimum absolute atomic E-state index is 0.206. The van der Waals surface area contributed by atoms with Crippen molar-refractivity contribution >= 4 is 5.78 Å². The number of carbonyl (C=O) groups is 1. The first kappa shape index (κ1) is 9.16. The number of aliphatic hydroxyl groups excluding tert-OH is 1. The van der Waals surface area contributed by atoms with Gasteiger partial charge in [-0.1, -0.05) is 0 Å². The molecule has 0 aromatic rings. The second kappa shape index (κ2) is 3.76. The van der Waals surface area contributed by atoms with Gasteiger partial charge >= 0.3 is 0 Å². The average Bonchev–Trinajstić information content (AvgIpc) is 2.88. The summed E-state index contributed by atoms with van der Waals surface area (Å²) in [6.45, 7) is 1.78.